The molecule has 7 heterocycles. The number of hydrogen-bond acceptors (Lipinski definition) is 14. The molecule has 450 valence electrons. The maximum atomic E-state index is 14.3. The lowest BCUT2D eigenvalue weighted by Crippen LogP contribution is -2.36. The third-order valence-corrected chi connectivity index (χ3v) is 15.4. The fourth-order valence-electron chi connectivity index (χ4n) is 11.2. The summed E-state index contributed by atoms with van der Waals surface area (Å²) in [7, 11) is 0. The van der Waals surface area contributed by atoms with Crippen LogP contribution in [-0.4, -0.2) is 98.7 Å². The van der Waals surface area contributed by atoms with E-state index in [1.54, 1.807) is 93.2 Å². The number of hydrogen-bond donors (Lipinski definition) is 4. The molecule has 0 bridgehead atoms. The highest BCUT2D eigenvalue weighted by atomic mass is 16.6. The number of rotatable bonds is 12. The summed E-state index contributed by atoms with van der Waals surface area (Å²) in [6.45, 7) is 7.14. The smallest absolute Gasteiger partial charge is 0.306 e. The molecule has 0 radical (unpaired) electrons. The summed E-state index contributed by atoms with van der Waals surface area (Å²) in [5, 5.41) is 22.3. The van der Waals surface area contributed by atoms with Gasteiger partial charge in [-0.2, -0.15) is 10.2 Å². The lowest BCUT2D eigenvalue weighted by atomic mass is 9.87. The minimum Gasteiger partial charge on any atom is -0.452 e. The van der Waals surface area contributed by atoms with Crippen LogP contribution in [0.1, 0.15) is 113 Å². The van der Waals surface area contributed by atoms with Crippen LogP contribution in [0.3, 0.4) is 0 Å². The zero-order valence-corrected chi connectivity index (χ0v) is 49.3. The molecule has 0 unspecified atom stereocenters. The summed E-state index contributed by atoms with van der Waals surface area (Å²) in [6.07, 6.45) is 6.40. The van der Waals surface area contributed by atoms with Gasteiger partial charge in [-0.1, -0.05) is 84.3 Å². The van der Waals surface area contributed by atoms with E-state index in [2.05, 4.69) is 65.1 Å². The second-order valence-corrected chi connectivity index (χ2v) is 21.6. The van der Waals surface area contributed by atoms with Gasteiger partial charge in [-0.25, -0.2) is 19.0 Å². The second kappa shape index (κ2) is 26.1. The monoisotopic (exact) mass is 1200 g/mol. The molecule has 2 fully saturated rings. The SMILES string of the molecule is Cc1nn2cccnc2c1C(=O)N[C@@H](C)c1cc2cccc(C#CCNC(=O)C3CC(=O)CC(=O)C3)c2c(=O)n1-c1ccccc1.Cc1nn2cccnc2c1C(=O)N[C@@H](C)c1cc2cccc(C#CCNC(=O)[C@@H]3CCC(=O)O3)c2c(=O)n1-c1ccccc1. The fraction of sp³-hybridized carbons (Fsp3) is 0.221. The van der Waals surface area contributed by atoms with E-state index >= 15 is 0 Å². The number of fused-ring (bicyclic) bond motifs is 4. The highest BCUT2D eigenvalue weighted by Gasteiger charge is 2.32. The van der Waals surface area contributed by atoms with Crippen molar-refractivity contribution in [2.24, 2.45) is 5.92 Å². The highest BCUT2D eigenvalue weighted by Crippen LogP contribution is 2.27. The molecule has 6 aromatic heterocycles. The number of Topliss-reactive ketones (excluding diaryl/α,β-unsaturated/α-hetero) is 2. The maximum Gasteiger partial charge on any atom is 0.306 e. The molecule has 1 saturated carbocycles. The highest BCUT2D eigenvalue weighted by molar-refractivity contribution is 6.05. The molecule has 3 atom stereocenters. The van der Waals surface area contributed by atoms with Gasteiger partial charge in [-0.15, -0.1) is 0 Å². The Morgan fingerprint density at radius 1 is 0.589 bits per heavy atom. The van der Waals surface area contributed by atoms with E-state index < -0.39 is 41.9 Å². The van der Waals surface area contributed by atoms with Crippen LogP contribution in [0.15, 0.2) is 156 Å². The molecule has 4 N–H and O–H groups in total. The normalized spacial score (nSPS) is 14.5. The number of para-hydroxylation sites is 2. The second-order valence-electron chi connectivity index (χ2n) is 21.6. The molecule has 12 rings (SSSR count). The molecule has 1 aliphatic heterocycles. The number of ether oxygens (including phenoxy) is 1. The lowest BCUT2D eigenvalue weighted by Gasteiger charge is -2.21. The minimum absolute atomic E-state index is 0.0139. The van der Waals surface area contributed by atoms with Gasteiger partial charge in [-0.05, 0) is 99.1 Å². The molecular weight excluding hydrogens is 1140 g/mol. The summed E-state index contributed by atoms with van der Waals surface area (Å²) in [5.41, 5.74) is 5.40. The molecule has 10 aromatic rings. The van der Waals surface area contributed by atoms with Crippen molar-refractivity contribution in [2.45, 2.75) is 78.0 Å². The molecule has 0 spiro atoms. The van der Waals surface area contributed by atoms with Crippen molar-refractivity contribution in [2.75, 3.05) is 13.1 Å². The number of amides is 4. The summed E-state index contributed by atoms with van der Waals surface area (Å²) >= 11 is 0. The first-order valence-electron chi connectivity index (χ1n) is 29.0. The number of benzene rings is 4. The topological polar surface area (TPSA) is 281 Å². The van der Waals surface area contributed by atoms with Crippen LogP contribution in [0.5, 0.6) is 0 Å². The third kappa shape index (κ3) is 12.6. The summed E-state index contributed by atoms with van der Waals surface area (Å²) in [5.74, 6) is 8.77. The summed E-state index contributed by atoms with van der Waals surface area (Å²) < 4.78 is 11.2. The summed E-state index contributed by atoms with van der Waals surface area (Å²) in [6, 6.07) is 35.1. The van der Waals surface area contributed by atoms with Gasteiger partial charge in [0.2, 0.25) is 5.91 Å². The zero-order chi connectivity index (χ0) is 63.2. The van der Waals surface area contributed by atoms with Crippen molar-refractivity contribution >= 4 is 74.0 Å². The molecule has 4 aromatic carbocycles. The molecule has 1 saturated heterocycles. The van der Waals surface area contributed by atoms with E-state index in [-0.39, 0.29) is 73.3 Å². The lowest BCUT2D eigenvalue weighted by molar-refractivity contribution is -0.148. The van der Waals surface area contributed by atoms with Crippen LogP contribution in [0.25, 0.3) is 44.2 Å². The molecule has 1 aliphatic carbocycles. The minimum atomic E-state index is -0.797. The number of nitrogens with zero attached hydrogens (tertiary/aromatic N) is 8. The number of cyclic esters (lactones) is 1. The van der Waals surface area contributed by atoms with E-state index in [1.807, 2.05) is 98.8 Å². The van der Waals surface area contributed by atoms with Crippen molar-refractivity contribution in [1.29, 1.82) is 0 Å². The largest absolute Gasteiger partial charge is 0.452 e. The number of carbonyl (C=O) groups excluding carboxylic acids is 7. The van der Waals surface area contributed by atoms with Gasteiger partial charge in [0, 0.05) is 84.4 Å². The van der Waals surface area contributed by atoms with Crippen LogP contribution < -0.4 is 32.4 Å². The van der Waals surface area contributed by atoms with Gasteiger partial charge in [0.1, 0.15) is 22.7 Å². The Morgan fingerprint density at radius 2 is 1.04 bits per heavy atom. The van der Waals surface area contributed by atoms with Gasteiger partial charge in [0.05, 0.1) is 59.7 Å². The quantitative estimate of drug-likeness (QED) is 0.0598. The first-order chi connectivity index (χ1) is 43.5. The zero-order valence-electron chi connectivity index (χ0n) is 49.3. The molecule has 90 heavy (non-hydrogen) atoms. The standard InChI is InChI=1S/C35H30N6O5.C33H28N6O5/c1-21(38-34(45)30-22(2)39-40-16-8-15-36-32(30)40)29-19-24-10-6-9-23(31(24)35(46)41(29)26-12-4-3-5-13-26)11-7-14-37-33(44)25-17-27(42)20-28(43)18-25;1-20(36-32(42)28-21(2)37-38-18-8-17-34-30(28)38)25-19-23-10-6-9-22(11-7-16-35-31(41)26-14-15-27(40)44-26)29(23)33(43)39(25)24-12-4-3-5-13-24/h3-6,8-10,12-13,15-16,19,21,25H,14,17-18,20H2,1-2H3,(H,37,44)(H,38,45);3-6,8-10,12-13,17-20,26H,14-16H2,1-2H3,(H,35,41)(H,36,42)/t21-;20-,26-/m00/s1. The Bertz CT molecular complexity index is 4800. The number of carbonyl (C=O) groups is 7. The van der Waals surface area contributed by atoms with Crippen molar-refractivity contribution in [1.82, 2.24) is 59.6 Å². The van der Waals surface area contributed by atoms with Crippen molar-refractivity contribution in [3.05, 3.63) is 212 Å². The van der Waals surface area contributed by atoms with E-state index in [4.69, 9.17) is 4.74 Å². The number of pyridine rings is 2. The van der Waals surface area contributed by atoms with E-state index in [1.165, 1.54) is 0 Å². The first kappa shape index (κ1) is 60.1. The summed E-state index contributed by atoms with van der Waals surface area (Å²) in [4.78, 5) is 124. The average molecular weight is 1200 g/mol. The van der Waals surface area contributed by atoms with E-state index in [9.17, 15) is 43.2 Å². The van der Waals surface area contributed by atoms with Crippen molar-refractivity contribution < 1.29 is 38.3 Å². The number of nitrogens with one attached hydrogen (secondary N) is 4. The van der Waals surface area contributed by atoms with E-state index in [0.717, 1.165) is 0 Å². The Hall–Kier alpha value is -11.7. The van der Waals surface area contributed by atoms with Gasteiger partial charge < -0.3 is 26.0 Å². The molecule has 22 heteroatoms. The van der Waals surface area contributed by atoms with Crippen LogP contribution in [0.2, 0.25) is 0 Å². The predicted molar refractivity (Wildman–Crippen MR) is 333 cm³/mol. The number of aryl methyl sites for hydroxylation is 2. The molecule has 2 aliphatic rings. The van der Waals surface area contributed by atoms with E-state index in [0.29, 0.717) is 95.7 Å². The van der Waals surface area contributed by atoms with Crippen LogP contribution >= 0.6 is 0 Å². The predicted octanol–water partition coefficient (Wildman–Crippen LogP) is 6.24. The third-order valence-electron chi connectivity index (χ3n) is 15.4. The van der Waals surface area contributed by atoms with Crippen LogP contribution in [0, 0.1) is 43.4 Å². The van der Waals surface area contributed by atoms with Crippen molar-refractivity contribution in [3.8, 4) is 35.1 Å². The van der Waals surface area contributed by atoms with Crippen LogP contribution in [-0.2, 0) is 28.7 Å². The molecule has 22 nitrogen and oxygen atoms in total. The van der Waals surface area contributed by atoms with Gasteiger partial charge in [0.15, 0.2) is 17.4 Å². The fourth-order valence-corrected chi connectivity index (χ4v) is 11.2. The van der Waals surface area contributed by atoms with Gasteiger partial charge >= 0.3 is 5.97 Å². The first-order valence-corrected chi connectivity index (χ1v) is 29.0. The Balaban J connectivity index is 0.000000185. The van der Waals surface area contributed by atoms with Gasteiger partial charge in [0.25, 0.3) is 28.8 Å². The number of aromatic nitrogens is 8. The molecular formula is C68H58N12O10. The molecule has 4 amide bonds. The number of esters is 1. The average Bonchev–Trinajstić information content (AvgIpc) is 1.18. The van der Waals surface area contributed by atoms with Gasteiger partial charge in [-0.3, -0.25) is 52.3 Å². The number of ketones is 2. The van der Waals surface area contributed by atoms with Crippen molar-refractivity contribution in [3.63, 3.8) is 0 Å². The maximum absolute atomic E-state index is 14.3. The Labute approximate surface area is 513 Å². The Morgan fingerprint density at radius 3 is 1.49 bits per heavy atom. The Kier molecular flexibility index (Phi) is 17.4. The van der Waals surface area contributed by atoms with Crippen LogP contribution in [0.4, 0.5) is 0 Å².